The number of carbonyl (C=O) groups excluding carboxylic acids is 1. The number of thiazole rings is 1. The summed E-state index contributed by atoms with van der Waals surface area (Å²) >= 11 is 12.7. The number of hydrogen-bond donors (Lipinski definition) is 2. The van der Waals surface area contributed by atoms with E-state index >= 15 is 0 Å². The van der Waals surface area contributed by atoms with Gasteiger partial charge in [-0.3, -0.25) is 4.79 Å². The molecule has 1 fully saturated rings. The van der Waals surface area contributed by atoms with Crippen LogP contribution in [-0.2, 0) is 9.63 Å². The maximum absolute atomic E-state index is 11.2. The molecule has 1 atom stereocenters. The van der Waals surface area contributed by atoms with Gasteiger partial charge in [0.15, 0.2) is 21.3 Å². The van der Waals surface area contributed by atoms with Gasteiger partial charge in [-0.2, -0.15) is 0 Å². The number of anilines is 1. The lowest BCUT2D eigenvalue weighted by Gasteiger charge is -2.00. The SMILES string of the molecule is NC(=O)C(=NOC1CC1(Cl)Cl)c1csc(N)n1. The molecule has 1 heterocycles. The zero-order valence-corrected chi connectivity index (χ0v) is 10.7. The lowest BCUT2D eigenvalue weighted by atomic mass is 10.3. The zero-order chi connectivity index (χ0) is 12.6. The Labute approximate surface area is 111 Å². The molecule has 9 heteroatoms. The third-order valence-electron chi connectivity index (χ3n) is 2.04. The molecule has 4 N–H and O–H groups in total. The van der Waals surface area contributed by atoms with Crippen LogP contribution in [0.5, 0.6) is 0 Å². The topological polar surface area (TPSA) is 104 Å². The fraction of sp³-hybridized carbons (Fsp3) is 0.375. The first-order valence-corrected chi connectivity index (χ1v) is 6.16. The third kappa shape index (κ3) is 2.80. The fourth-order valence-electron chi connectivity index (χ4n) is 1.03. The number of nitrogen functional groups attached to an aromatic ring is 1. The van der Waals surface area contributed by atoms with Crippen molar-refractivity contribution in [2.45, 2.75) is 16.9 Å². The van der Waals surface area contributed by atoms with Gasteiger partial charge < -0.3 is 16.3 Å². The predicted molar refractivity (Wildman–Crippen MR) is 66.2 cm³/mol. The Morgan fingerprint density at radius 3 is 2.76 bits per heavy atom. The van der Waals surface area contributed by atoms with E-state index < -0.39 is 16.3 Å². The molecule has 1 unspecified atom stereocenters. The highest BCUT2D eigenvalue weighted by atomic mass is 35.5. The monoisotopic (exact) mass is 294 g/mol. The molecular weight excluding hydrogens is 287 g/mol. The molecule has 0 bridgehead atoms. The number of halogens is 2. The summed E-state index contributed by atoms with van der Waals surface area (Å²) in [4.78, 5) is 20.1. The lowest BCUT2D eigenvalue weighted by molar-refractivity contribution is -0.112. The summed E-state index contributed by atoms with van der Waals surface area (Å²) in [5.41, 5.74) is 10.8. The smallest absolute Gasteiger partial charge is 0.273 e. The van der Waals surface area contributed by atoms with Crippen LogP contribution in [0.25, 0.3) is 0 Å². The second kappa shape index (κ2) is 4.32. The first-order chi connectivity index (χ1) is 7.90. The van der Waals surface area contributed by atoms with E-state index in [1.807, 2.05) is 0 Å². The van der Waals surface area contributed by atoms with Crippen molar-refractivity contribution in [3.8, 4) is 0 Å². The number of rotatable bonds is 4. The molecule has 92 valence electrons. The lowest BCUT2D eigenvalue weighted by Crippen LogP contribution is -2.25. The van der Waals surface area contributed by atoms with Crippen molar-refractivity contribution in [1.29, 1.82) is 0 Å². The Kier molecular flexibility index (Phi) is 3.15. The van der Waals surface area contributed by atoms with E-state index in [1.54, 1.807) is 5.38 Å². The number of carbonyl (C=O) groups is 1. The maximum atomic E-state index is 11.2. The summed E-state index contributed by atoms with van der Waals surface area (Å²) in [6, 6.07) is 0. The largest absolute Gasteiger partial charge is 0.388 e. The molecule has 0 radical (unpaired) electrons. The fourth-order valence-corrected chi connectivity index (χ4v) is 1.94. The molecule has 0 aliphatic heterocycles. The van der Waals surface area contributed by atoms with E-state index in [9.17, 15) is 4.79 Å². The highest BCUT2D eigenvalue weighted by Gasteiger charge is 2.55. The number of nitrogens with two attached hydrogens (primary N) is 2. The summed E-state index contributed by atoms with van der Waals surface area (Å²) in [7, 11) is 0. The minimum Gasteiger partial charge on any atom is -0.388 e. The summed E-state index contributed by atoms with van der Waals surface area (Å²) in [5, 5.41) is 5.50. The number of nitrogens with zero attached hydrogens (tertiary/aromatic N) is 2. The molecule has 1 aromatic rings. The van der Waals surface area contributed by atoms with Crippen LogP contribution in [0.1, 0.15) is 12.1 Å². The van der Waals surface area contributed by atoms with Gasteiger partial charge in [0.2, 0.25) is 0 Å². The Morgan fingerprint density at radius 1 is 1.71 bits per heavy atom. The number of amides is 1. The highest BCUT2D eigenvalue weighted by molar-refractivity contribution is 7.13. The van der Waals surface area contributed by atoms with E-state index in [4.69, 9.17) is 39.5 Å². The predicted octanol–water partition coefficient (Wildman–Crippen LogP) is 0.878. The molecule has 1 aliphatic rings. The van der Waals surface area contributed by atoms with Crippen molar-refractivity contribution < 1.29 is 9.63 Å². The standard InChI is InChI=1S/C8H8Cl2N4O2S/c9-8(10)1-4(8)16-14-5(6(11)15)3-2-17-7(12)13-3/h2,4H,1H2,(H2,11,15)(H2,12,13). The third-order valence-corrected chi connectivity index (χ3v) is 3.51. The Balaban J connectivity index is 2.13. The van der Waals surface area contributed by atoms with Crippen LogP contribution in [0, 0.1) is 0 Å². The van der Waals surface area contributed by atoms with Crippen LogP contribution in [-0.4, -0.2) is 27.0 Å². The van der Waals surface area contributed by atoms with Crippen molar-refractivity contribution in [3.05, 3.63) is 11.1 Å². The second-order valence-corrected chi connectivity index (χ2v) is 5.87. The molecule has 1 aromatic heterocycles. The number of primary amides is 1. The molecule has 17 heavy (non-hydrogen) atoms. The van der Waals surface area contributed by atoms with Gasteiger partial charge in [-0.15, -0.1) is 11.3 Å². The molecule has 6 nitrogen and oxygen atoms in total. The van der Waals surface area contributed by atoms with Gasteiger partial charge in [0.25, 0.3) is 5.91 Å². The number of alkyl halides is 2. The van der Waals surface area contributed by atoms with Crippen molar-refractivity contribution in [2.75, 3.05) is 5.73 Å². The first-order valence-electron chi connectivity index (χ1n) is 4.53. The van der Waals surface area contributed by atoms with Crippen molar-refractivity contribution in [2.24, 2.45) is 10.9 Å². The van der Waals surface area contributed by atoms with E-state index in [1.165, 1.54) is 11.3 Å². The quantitative estimate of drug-likeness (QED) is 0.488. The van der Waals surface area contributed by atoms with Crippen LogP contribution in [0.15, 0.2) is 10.5 Å². The van der Waals surface area contributed by atoms with Crippen LogP contribution in [0.4, 0.5) is 5.13 Å². The number of aromatic nitrogens is 1. The Hall–Kier alpha value is -1.05. The van der Waals surface area contributed by atoms with Crippen LogP contribution in [0.3, 0.4) is 0 Å². The molecular formula is C8H8Cl2N4O2S. The molecule has 1 aliphatic carbocycles. The van der Waals surface area contributed by atoms with E-state index in [2.05, 4.69) is 10.1 Å². The number of hydrogen-bond acceptors (Lipinski definition) is 6. The van der Waals surface area contributed by atoms with Gasteiger partial charge >= 0.3 is 0 Å². The Bertz CT molecular complexity index is 488. The minimum absolute atomic E-state index is 0.103. The molecule has 0 saturated heterocycles. The normalized spacial score (nSPS) is 22.2. The van der Waals surface area contributed by atoms with Gasteiger partial charge in [0.05, 0.1) is 0 Å². The minimum atomic E-state index is -0.937. The van der Waals surface area contributed by atoms with Gasteiger partial charge in [-0.05, 0) is 0 Å². The molecule has 1 amide bonds. The van der Waals surface area contributed by atoms with Gasteiger partial charge in [0.1, 0.15) is 5.69 Å². The summed E-state index contributed by atoms with van der Waals surface area (Å²) in [6.45, 7) is 0. The van der Waals surface area contributed by atoms with Gasteiger partial charge in [-0.1, -0.05) is 28.4 Å². The second-order valence-electron chi connectivity index (χ2n) is 3.43. The van der Waals surface area contributed by atoms with E-state index in [-0.39, 0.29) is 11.4 Å². The summed E-state index contributed by atoms with van der Waals surface area (Å²) in [6.07, 6.45) is 0.0152. The molecule has 2 rings (SSSR count). The van der Waals surface area contributed by atoms with Crippen molar-refractivity contribution in [3.63, 3.8) is 0 Å². The van der Waals surface area contributed by atoms with Crippen molar-refractivity contribution >= 4 is 51.3 Å². The first kappa shape index (κ1) is 12.4. The Morgan fingerprint density at radius 2 is 2.35 bits per heavy atom. The average Bonchev–Trinajstić information content (AvgIpc) is 2.63. The number of oxime groups is 1. The molecule has 1 saturated carbocycles. The maximum Gasteiger partial charge on any atom is 0.273 e. The van der Waals surface area contributed by atoms with Crippen LogP contribution in [0.2, 0.25) is 0 Å². The van der Waals surface area contributed by atoms with Gasteiger partial charge in [-0.25, -0.2) is 4.98 Å². The van der Waals surface area contributed by atoms with Crippen LogP contribution < -0.4 is 11.5 Å². The highest BCUT2D eigenvalue weighted by Crippen LogP contribution is 2.49. The van der Waals surface area contributed by atoms with Crippen LogP contribution >= 0.6 is 34.5 Å². The average molecular weight is 295 g/mol. The summed E-state index contributed by atoms with van der Waals surface area (Å²) in [5.74, 6) is -0.759. The van der Waals surface area contributed by atoms with Gasteiger partial charge in [0, 0.05) is 11.8 Å². The van der Waals surface area contributed by atoms with E-state index in [0.29, 0.717) is 11.6 Å². The zero-order valence-electron chi connectivity index (χ0n) is 8.39. The van der Waals surface area contributed by atoms with E-state index in [0.717, 1.165) is 0 Å². The molecule has 0 spiro atoms. The molecule has 0 aromatic carbocycles. The summed E-state index contributed by atoms with van der Waals surface area (Å²) < 4.78 is -0.937. The van der Waals surface area contributed by atoms with Crippen molar-refractivity contribution in [1.82, 2.24) is 4.98 Å².